The Bertz CT molecular complexity index is 623. The number of nitrogens with one attached hydrogen (secondary N) is 1. The summed E-state index contributed by atoms with van der Waals surface area (Å²) < 4.78 is 0. The fraction of sp³-hybridized carbons (Fsp3) is 0.222. The summed E-state index contributed by atoms with van der Waals surface area (Å²) in [6.07, 6.45) is 6.66. The summed E-state index contributed by atoms with van der Waals surface area (Å²) in [6.45, 7) is 6.49. The van der Waals surface area contributed by atoms with Crippen molar-refractivity contribution < 1.29 is 4.79 Å². The highest BCUT2D eigenvalue weighted by atomic mass is 16.1. The van der Waals surface area contributed by atoms with Crippen molar-refractivity contribution in [2.24, 2.45) is 0 Å². The summed E-state index contributed by atoms with van der Waals surface area (Å²) in [6, 6.07) is 11.7. The number of nitrogens with zero attached hydrogens (tertiary/aromatic N) is 1. The van der Waals surface area contributed by atoms with E-state index in [1.807, 2.05) is 36.4 Å². The molecule has 1 heterocycles. The molecule has 1 N–H and O–H groups in total. The van der Waals surface area contributed by atoms with Crippen LogP contribution in [0, 0.1) is 0 Å². The largest absolute Gasteiger partial charge is 0.323 e. The zero-order valence-corrected chi connectivity index (χ0v) is 12.6. The predicted molar refractivity (Wildman–Crippen MR) is 87.0 cm³/mol. The number of carbonyl (C=O) groups is 1. The molecule has 2 aromatic rings. The maximum absolute atomic E-state index is 11.8. The lowest BCUT2D eigenvalue weighted by Gasteiger charge is -2.19. The maximum atomic E-state index is 11.8. The molecule has 0 aliphatic rings. The van der Waals surface area contributed by atoms with Crippen molar-refractivity contribution >= 4 is 17.7 Å². The maximum Gasteiger partial charge on any atom is 0.248 e. The van der Waals surface area contributed by atoms with E-state index in [1.165, 1.54) is 11.6 Å². The molecule has 0 saturated carbocycles. The van der Waals surface area contributed by atoms with E-state index in [0.29, 0.717) is 0 Å². The lowest BCUT2D eigenvalue weighted by atomic mass is 9.87. The second-order valence-corrected chi connectivity index (χ2v) is 5.94. The first-order valence-corrected chi connectivity index (χ1v) is 6.95. The van der Waals surface area contributed by atoms with E-state index in [1.54, 1.807) is 18.5 Å². The van der Waals surface area contributed by atoms with Crippen LogP contribution in [0.1, 0.15) is 31.9 Å². The van der Waals surface area contributed by atoms with Crippen molar-refractivity contribution in [3.05, 3.63) is 66.0 Å². The van der Waals surface area contributed by atoms with Crippen molar-refractivity contribution in [2.45, 2.75) is 26.2 Å². The molecule has 0 bridgehead atoms. The number of carbonyl (C=O) groups excluding carboxylic acids is 1. The average Bonchev–Trinajstić information content (AvgIpc) is 2.46. The minimum absolute atomic E-state index is 0.114. The third-order valence-corrected chi connectivity index (χ3v) is 3.13. The van der Waals surface area contributed by atoms with Gasteiger partial charge in [0.2, 0.25) is 5.91 Å². The summed E-state index contributed by atoms with van der Waals surface area (Å²) in [5, 5.41) is 2.84. The Morgan fingerprint density at radius 1 is 1.14 bits per heavy atom. The molecular weight excluding hydrogens is 260 g/mol. The van der Waals surface area contributed by atoms with Gasteiger partial charge in [0.15, 0.2) is 0 Å². The van der Waals surface area contributed by atoms with E-state index in [9.17, 15) is 4.79 Å². The highest BCUT2D eigenvalue weighted by molar-refractivity contribution is 6.01. The average molecular weight is 280 g/mol. The summed E-state index contributed by atoms with van der Waals surface area (Å²) in [4.78, 5) is 15.8. The first-order valence-electron chi connectivity index (χ1n) is 6.95. The quantitative estimate of drug-likeness (QED) is 0.862. The first-order chi connectivity index (χ1) is 9.95. The van der Waals surface area contributed by atoms with Gasteiger partial charge in [-0.25, -0.2) is 0 Å². The van der Waals surface area contributed by atoms with Crippen LogP contribution in [-0.4, -0.2) is 10.9 Å². The van der Waals surface area contributed by atoms with Crippen molar-refractivity contribution in [3.8, 4) is 0 Å². The van der Waals surface area contributed by atoms with Gasteiger partial charge in [-0.2, -0.15) is 0 Å². The van der Waals surface area contributed by atoms with Crippen LogP contribution in [0.3, 0.4) is 0 Å². The van der Waals surface area contributed by atoms with E-state index in [4.69, 9.17) is 0 Å². The molecule has 3 heteroatoms. The summed E-state index contributed by atoms with van der Waals surface area (Å²) >= 11 is 0. The molecule has 21 heavy (non-hydrogen) atoms. The van der Waals surface area contributed by atoms with Gasteiger partial charge in [0, 0.05) is 24.2 Å². The van der Waals surface area contributed by atoms with Gasteiger partial charge < -0.3 is 5.32 Å². The molecule has 108 valence electrons. The Labute approximate surface area is 125 Å². The van der Waals surface area contributed by atoms with E-state index in [2.05, 4.69) is 31.1 Å². The third kappa shape index (κ3) is 4.56. The van der Waals surface area contributed by atoms with Gasteiger partial charge >= 0.3 is 0 Å². The third-order valence-electron chi connectivity index (χ3n) is 3.13. The van der Waals surface area contributed by atoms with Crippen LogP contribution in [0.25, 0.3) is 6.08 Å². The minimum atomic E-state index is -0.151. The molecule has 1 amide bonds. The smallest absolute Gasteiger partial charge is 0.248 e. The number of hydrogen-bond donors (Lipinski definition) is 1. The van der Waals surface area contributed by atoms with Crippen LogP contribution in [0.5, 0.6) is 0 Å². The Kier molecular flexibility index (Phi) is 4.53. The van der Waals surface area contributed by atoms with Crippen LogP contribution in [0.4, 0.5) is 5.69 Å². The summed E-state index contributed by atoms with van der Waals surface area (Å²) in [7, 11) is 0. The van der Waals surface area contributed by atoms with Crippen LogP contribution >= 0.6 is 0 Å². The van der Waals surface area contributed by atoms with Gasteiger partial charge in [0.1, 0.15) is 0 Å². The van der Waals surface area contributed by atoms with E-state index in [0.717, 1.165) is 11.3 Å². The first kappa shape index (κ1) is 15.0. The van der Waals surface area contributed by atoms with Crippen LogP contribution in [0.2, 0.25) is 0 Å². The highest BCUT2D eigenvalue weighted by Gasteiger charge is 2.12. The topological polar surface area (TPSA) is 42.0 Å². The zero-order valence-electron chi connectivity index (χ0n) is 12.6. The van der Waals surface area contributed by atoms with Gasteiger partial charge in [-0.15, -0.1) is 0 Å². The fourth-order valence-electron chi connectivity index (χ4n) is 1.88. The van der Waals surface area contributed by atoms with Gasteiger partial charge in [-0.3, -0.25) is 9.78 Å². The standard InChI is InChI=1S/C18H20N2O/c1-18(2,3)15-7-9-16(10-8-15)20-17(21)11-6-14-5-4-12-19-13-14/h4-13H,1-3H3,(H,20,21)/b11-6+. The normalized spacial score (nSPS) is 11.6. The van der Waals surface area contributed by atoms with Gasteiger partial charge in [-0.1, -0.05) is 39.0 Å². The van der Waals surface area contributed by atoms with Crippen LogP contribution < -0.4 is 5.32 Å². The van der Waals surface area contributed by atoms with E-state index >= 15 is 0 Å². The Morgan fingerprint density at radius 3 is 2.43 bits per heavy atom. The molecule has 0 spiro atoms. The number of benzene rings is 1. The number of aromatic nitrogens is 1. The van der Waals surface area contributed by atoms with Gasteiger partial charge in [0.05, 0.1) is 0 Å². The number of anilines is 1. The monoisotopic (exact) mass is 280 g/mol. The second kappa shape index (κ2) is 6.35. The SMILES string of the molecule is CC(C)(C)c1ccc(NC(=O)/C=C/c2cccnc2)cc1. The Morgan fingerprint density at radius 2 is 1.86 bits per heavy atom. The molecule has 0 atom stereocenters. The van der Waals surface area contributed by atoms with Gasteiger partial charge in [-0.05, 0) is 40.8 Å². The molecule has 1 aromatic heterocycles. The molecule has 0 radical (unpaired) electrons. The Balaban J connectivity index is 1.98. The molecule has 0 aliphatic carbocycles. The molecule has 1 aromatic carbocycles. The molecule has 0 aliphatic heterocycles. The number of rotatable bonds is 3. The minimum Gasteiger partial charge on any atom is -0.323 e. The predicted octanol–water partition coefficient (Wildman–Crippen LogP) is 4.03. The van der Waals surface area contributed by atoms with Crippen LogP contribution in [0.15, 0.2) is 54.9 Å². The van der Waals surface area contributed by atoms with Crippen LogP contribution in [-0.2, 0) is 10.2 Å². The molecule has 3 nitrogen and oxygen atoms in total. The number of amides is 1. The lowest BCUT2D eigenvalue weighted by molar-refractivity contribution is -0.111. The molecule has 0 unspecified atom stereocenters. The number of hydrogen-bond acceptors (Lipinski definition) is 2. The highest BCUT2D eigenvalue weighted by Crippen LogP contribution is 2.23. The van der Waals surface area contributed by atoms with Crippen molar-refractivity contribution in [1.29, 1.82) is 0 Å². The van der Waals surface area contributed by atoms with Crippen molar-refractivity contribution in [3.63, 3.8) is 0 Å². The number of pyridine rings is 1. The van der Waals surface area contributed by atoms with Gasteiger partial charge in [0.25, 0.3) is 0 Å². The second-order valence-electron chi connectivity index (χ2n) is 5.94. The molecule has 0 fully saturated rings. The Hall–Kier alpha value is -2.42. The zero-order chi connectivity index (χ0) is 15.3. The van der Waals surface area contributed by atoms with Crippen molar-refractivity contribution in [2.75, 3.05) is 5.32 Å². The van der Waals surface area contributed by atoms with E-state index in [-0.39, 0.29) is 11.3 Å². The van der Waals surface area contributed by atoms with E-state index < -0.39 is 0 Å². The molecule has 2 rings (SSSR count). The fourth-order valence-corrected chi connectivity index (χ4v) is 1.88. The summed E-state index contributed by atoms with van der Waals surface area (Å²) in [5.41, 5.74) is 3.05. The molecule has 0 saturated heterocycles. The summed E-state index contributed by atoms with van der Waals surface area (Å²) in [5.74, 6) is -0.151. The lowest BCUT2D eigenvalue weighted by Crippen LogP contribution is -2.12. The molecular formula is C18H20N2O. The van der Waals surface area contributed by atoms with Crippen molar-refractivity contribution in [1.82, 2.24) is 4.98 Å².